The van der Waals surface area contributed by atoms with Gasteiger partial charge >= 0.3 is 0 Å². The van der Waals surface area contributed by atoms with Gasteiger partial charge < -0.3 is 9.47 Å². The first kappa shape index (κ1) is 16.3. The number of nitro benzene ring substituents is 1. The van der Waals surface area contributed by atoms with E-state index in [2.05, 4.69) is 0 Å². The van der Waals surface area contributed by atoms with Gasteiger partial charge in [0.25, 0.3) is 5.69 Å². The highest BCUT2D eigenvalue weighted by Crippen LogP contribution is 2.35. The van der Waals surface area contributed by atoms with Crippen molar-refractivity contribution in [3.8, 4) is 28.7 Å². The molecule has 6 heteroatoms. The van der Waals surface area contributed by atoms with Gasteiger partial charge in [0.15, 0.2) is 11.5 Å². The third-order valence-electron chi connectivity index (χ3n) is 3.43. The van der Waals surface area contributed by atoms with Gasteiger partial charge in [-0.2, -0.15) is 5.26 Å². The molecular formula is C17H16N2O4. The molecule has 0 saturated heterocycles. The number of rotatable bonds is 5. The van der Waals surface area contributed by atoms with E-state index in [9.17, 15) is 15.4 Å². The Bertz CT molecular complexity index is 794. The van der Waals surface area contributed by atoms with Crippen molar-refractivity contribution in [2.45, 2.75) is 13.8 Å². The molecule has 0 N–H and O–H groups in total. The quantitative estimate of drug-likeness (QED) is 0.618. The van der Waals surface area contributed by atoms with Gasteiger partial charge in [0, 0.05) is 17.2 Å². The van der Waals surface area contributed by atoms with E-state index in [1.165, 1.54) is 13.2 Å². The van der Waals surface area contributed by atoms with Gasteiger partial charge in [0.05, 0.1) is 24.2 Å². The molecule has 0 amide bonds. The topological polar surface area (TPSA) is 85.4 Å². The van der Waals surface area contributed by atoms with Crippen LogP contribution in [0, 0.1) is 28.4 Å². The van der Waals surface area contributed by atoms with E-state index >= 15 is 0 Å². The summed E-state index contributed by atoms with van der Waals surface area (Å²) < 4.78 is 10.8. The van der Waals surface area contributed by atoms with Crippen LogP contribution < -0.4 is 9.47 Å². The molecule has 0 aliphatic heterocycles. The van der Waals surface area contributed by atoms with Crippen LogP contribution in [0.3, 0.4) is 0 Å². The third kappa shape index (κ3) is 3.24. The van der Waals surface area contributed by atoms with Crippen LogP contribution >= 0.6 is 0 Å². The lowest BCUT2D eigenvalue weighted by molar-refractivity contribution is -0.385. The number of aryl methyl sites for hydroxylation is 1. The predicted octanol–water partition coefficient (Wildman–Crippen LogP) is 3.85. The fourth-order valence-electron chi connectivity index (χ4n) is 2.33. The Hall–Kier alpha value is -3.07. The fourth-order valence-corrected chi connectivity index (χ4v) is 2.33. The number of nitro groups is 1. The van der Waals surface area contributed by atoms with Crippen LogP contribution in [-0.4, -0.2) is 18.6 Å². The van der Waals surface area contributed by atoms with Crippen molar-refractivity contribution in [3.05, 3.63) is 51.6 Å². The second kappa shape index (κ2) is 6.79. The first-order valence-electron chi connectivity index (χ1n) is 7.02. The predicted molar refractivity (Wildman–Crippen MR) is 85.7 cm³/mol. The van der Waals surface area contributed by atoms with E-state index in [1.54, 1.807) is 31.2 Å². The SMILES string of the molecule is CCOc1ccc(-c2cc(C)c([N+](=O)[O-])cc2C#N)cc1OC. The molecule has 0 heterocycles. The average Bonchev–Trinajstić information content (AvgIpc) is 2.55. The maximum absolute atomic E-state index is 11.0. The molecule has 0 aromatic heterocycles. The Labute approximate surface area is 134 Å². The Morgan fingerprint density at radius 3 is 2.57 bits per heavy atom. The Morgan fingerprint density at radius 2 is 2.00 bits per heavy atom. The molecule has 0 saturated carbocycles. The summed E-state index contributed by atoms with van der Waals surface area (Å²) in [4.78, 5) is 10.5. The lowest BCUT2D eigenvalue weighted by Crippen LogP contribution is -1.97. The van der Waals surface area contributed by atoms with Crippen LogP contribution in [0.2, 0.25) is 0 Å². The number of nitrogens with zero attached hydrogens (tertiary/aromatic N) is 2. The van der Waals surface area contributed by atoms with Crippen LogP contribution in [-0.2, 0) is 0 Å². The normalized spacial score (nSPS) is 10.0. The van der Waals surface area contributed by atoms with Gasteiger partial charge in [-0.1, -0.05) is 6.07 Å². The smallest absolute Gasteiger partial charge is 0.273 e. The average molecular weight is 312 g/mol. The molecule has 0 fully saturated rings. The molecule has 0 spiro atoms. The van der Waals surface area contributed by atoms with Crippen LogP contribution in [0.1, 0.15) is 18.1 Å². The number of nitriles is 1. The molecule has 0 aliphatic rings. The number of hydrogen-bond acceptors (Lipinski definition) is 5. The molecule has 0 unspecified atom stereocenters. The molecule has 2 aromatic carbocycles. The molecular weight excluding hydrogens is 296 g/mol. The van der Waals surface area contributed by atoms with Crippen LogP contribution in [0.4, 0.5) is 5.69 Å². The van der Waals surface area contributed by atoms with Gasteiger partial charge in [-0.05, 0) is 37.6 Å². The third-order valence-corrected chi connectivity index (χ3v) is 3.43. The summed E-state index contributed by atoms with van der Waals surface area (Å²) in [6.07, 6.45) is 0. The van der Waals surface area contributed by atoms with Crippen molar-refractivity contribution < 1.29 is 14.4 Å². The molecule has 23 heavy (non-hydrogen) atoms. The minimum absolute atomic E-state index is 0.0665. The Kier molecular flexibility index (Phi) is 4.82. The molecule has 0 radical (unpaired) electrons. The maximum atomic E-state index is 11.0. The summed E-state index contributed by atoms with van der Waals surface area (Å²) in [5.41, 5.74) is 2.03. The van der Waals surface area contributed by atoms with Crippen molar-refractivity contribution in [1.82, 2.24) is 0 Å². The summed E-state index contributed by atoms with van der Waals surface area (Å²) in [6.45, 7) is 4.03. The van der Waals surface area contributed by atoms with Crippen molar-refractivity contribution in [1.29, 1.82) is 5.26 Å². The van der Waals surface area contributed by atoms with E-state index in [0.29, 0.717) is 29.2 Å². The van der Waals surface area contributed by atoms with Crippen LogP contribution in [0.15, 0.2) is 30.3 Å². The van der Waals surface area contributed by atoms with E-state index in [1.807, 2.05) is 13.0 Å². The molecule has 0 aliphatic carbocycles. The lowest BCUT2D eigenvalue weighted by atomic mass is 9.96. The van der Waals surface area contributed by atoms with Crippen molar-refractivity contribution in [3.63, 3.8) is 0 Å². The monoisotopic (exact) mass is 312 g/mol. The van der Waals surface area contributed by atoms with E-state index in [4.69, 9.17) is 9.47 Å². The van der Waals surface area contributed by atoms with Crippen molar-refractivity contribution >= 4 is 5.69 Å². The zero-order valence-electron chi connectivity index (χ0n) is 13.1. The highest BCUT2D eigenvalue weighted by Gasteiger charge is 2.17. The van der Waals surface area contributed by atoms with Gasteiger partial charge in [-0.3, -0.25) is 10.1 Å². The first-order valence-corrected chi connectivity index (χ1v) is 7.02. The summed E-state index contributed by atoms with van der Waals surface area (Å²) in [5, 5.41) is 20.3. The number of hydrogen-bond donors (Lipinski definition) is 0. The highest BCUT2D eigenvalue weighted by molar-refractivity contribution is 5.75. The summed E-state index contributed by atoms with van der Waals surface area (Å²) in [6, 6.07) is 10.3. The molecule has 2 rings (SSSR count). The van der Waals surface area contributed by atoms with Gasteiger partial charge in [0.2, 0.25) is 0 Å². The van der Waals surface area contributed by atoms with Crippen molar-refractivity contribution in [2.24, 2.45) is 0 Å². The molecule has 0 bridgehead atoms. The van der Waals surface area contributed by atoms with Crippen molar-refractivity contribution in [2.75, 3.05) is 13.7 Å². The standard InChI is InChI=1S/C17H16N2O4/c1-4-23-16-6-5-12(9-17(16)22-3)14-7-11(2)15(19(20)21)8-13(14)10-18/h5-9H,4H2,1-3H3. The maximum Gasteiger partial charge on any atom is 0.273 e. The molecule has 2 aromatic rings. The van der Waals surface area contributed by atoms with Gasteiger partial charge in [-0.25, -0.2) is 0 Å². The fraction of sp³-hybridized carbons (Fsp3) is 0.235. The highest BCUT2D eigenvalue weighted by atomic mass is 16.6. The summed E-state index contributed by atoms with van der Waals surface area (Å²) in [5.74, 6) is 1.15. The molecule has 6 nitrogen and oxygen atoms in total. The first-order chi connectivity index (χ1) is 11.0. The zero-order chi connectivity index (χ0) is 17.0. The van der Waals surface area contributed by atoms with Gasteiger partial charge in [-0.15, -0.1) is 0 Å². The minimum Gasteiger partial charge on any atom is -0.493 e. The largest absolute Gasteiger partial charge is 0.493 e. The zero-order valence-corrected chi connectivity index (χ0v) is 13.1. The number of methoxy groups -OCH3 is 1. The van der Waals surface area contributed by atoms with Crippen LogP contribution in [0.5, 0.6) is 11.5 Å². The van der Waals surface area contributed by atoms with E-state index < -0.39 is 4.92 Å². The Balaban J connectivity index is 2.60. The molecule has 0 atom stereocenters. The van der Waals surface area contributed by atoms with Crippen LogP contribution in [0.25, 0.3) is 11.1 Å². The second-order valence-corrected chi connectivity index (χ2v) is 4.85. The minimum atomic E-state index is -0.487. The Morgan fingerprint density at radius 1 is 1.26 bits per heavy atom. The van der Waals surface area contributed by atoms with Gasteiger partial charge in [0.1, 0.15) is 6.07 Å². The molecule has 118 valence electrons. The van der Waals surface area contributed by atoms with E-state index in [-0.39, 0.29) is 11.3 Å². The van der Waals surface area contributed by atoms with E-state index in [0.717, 1.165) is 5.56 Å². The summed E-state index contributed by atoms with van der Waals surface area (Å²) >= 11 is 0. The number of ether oxygens (including phenoxy) is 2. The summed E-state index contributed by atoms with van der Waals surface area (Å²) in [7, 11) is 1.54. The lowest BCUT2D eigenvalue weighted by Gasteiger charge is -2.12. The second-order valence-electron chi connectivity index (χ2n) is 4.85. The number of benzene rings is 2.